The molecule has 0 amide bonds. The fourth-order valence-electron chi connectivity index (χ4n) is 3.47. The standard InChI is InChI=1S/C20H32O/c1-8-20(6,7)16(5)21-18-12-13(2)11-17-10-9-14(3)15(4)19(17)18/h9-11,13-15,18-19H,5,8,12H2,1-4,6-7H3/t13-,14+,15-,18-,19?/m0/s1. The molecule has 1 unspecified atom stereocenters. The van der Waals surface area contributed by atoms with E-state index < -0.39 is 0 Å². The maximum absolute atomic E-state index is 6.44. The van der Waals surface area contributed by atoms with Gasteiger partial charge in [-0.1, -0.05) is 66.3 Å². The molecule has 0 fully saturated rings. The van der Waals surface area contributed by atoms with Crippen LogP contribution in [0.25, 0.3) is 0 Å². The predicted octanol–water partition coefficient (Wildman–Crippen LogP) is 5.75. The van der Waals surface area contributed by atoms with E-state index in [4.69, 9.17) is 4.74 Å². The Balaban J connectivity index is 2.22. The van der Waals surface area contributed by atoms with Crippen molar-refractivity contribution in [3.8, 4) is 0 Å². The Bertz CT molecular complexity index is 454. The molecule has 2 rings (SSSR count). The highest BCUT2D eigenvalue weighted by molar-refractivity contribution is 5.31. The van der Waals surface area contributed by atoms with Crippen LogP contribution in [0.5, 0.6) is 0 Å². The van der Waals surface area contributed by atoms with Crippen LogP contribution in [-0.2, 0) is 4.74 Å². The normalized spacial score (nSPS) is 35.9. The van der Waals surface area contributed by atoms with E-state index in [0.717, 1.165) is 18.6 Å². The van der Waals surface area contributed by atoms with Crippen LogP contribution in [0.15, 0.2) is 36.1 Å². The van der Waals surface area contributed by atoms with Gasteiger partial charge < -0.3 is 4.74 Å². The highest BCUT2D eigenvalue weighted by atomic mass is 16.5. The van der Waals surface area contributed by atoms with Crippen LogP contribution >= 0.6 is 0 Å². The largest absolute Gasteiger partial charge is 0.494 e. The minimum atomic E-state index is 0.0594. The zero-order valence-corrected chi connectivity index (χ0v) is 14.6. The summed E-state index contributed by atoms with van der Waals surface area (Å²) in [7, 11) is 0. The first kappa shape index (κ1) is 16.4. The Morgan fingerprint density at radius 3 is 2.62 bits per heavy atom. The lowest BCUT2D eigenvalue weighted by Crippen LogP contribution is -2.39. The second-order valence-corrected chi connectivity index (χ2v) is 7.80. The monoisotopic (exact) mass is 288 g/mol. The van der Waals surface area contributed by atoms with Gasteiger partial charge in [0.05, 0.1) is 5.76 Å². The molecule has 0 aromatic carbocycles. The van der Waals surface area contributed by atoms with Crippen molar-refractivity contribution >= 4 is 0 Å². The quantitative estimate of drug-likeness (QED) is 0.599. The van der Waals surface area contributed by atoms with E-state index >= 15 is 0 Å². The summed E-state index contributed by atoms with van der Waals surface area (Å²) in [6, 6.07) is 0. The van der Waals surface area contributed by atoms with Crippen LogP contribution in [0.1, 0.15) is 54.4 Å². The van der Waals surface area contributed by atoms with Crippen molar-refractivity contribution in [2.75, 3.05) is 0 Å². The van der Waals surface area contributed by atoms with Gasteiger partial charge in [0.15, 0.2) is 0 Å². The Morgan fingerprint density at radius 2 is 2.00 bits per heavy atom. The lowest BCUT2D eigenvalue weighted by atomic mass is 9.67. The number of hydrogen-bond acceptors (Lipinski definition) is 1. The van der Waals surface area contributed by atoms with Crippen molar-refractivity contribution in [3.05, 3.63) is 36.1 Å². The third-order valence-corrected chi connectivity index (χ3v) is 5.79. The first-order valence-electron chi connectivity index (χ1n) is 8.52. The number of fused-ring (bicyclic) bond motifs is 1. The third-order valence-electron chi connectivity index (χ3n) is 5.79. The summed E-state index contributed by atoms with van der Waals surface area (Å²) in [6.45, 7) is 17.9. The zero-order chi connectivity index (χ0) is 15.8. The summed E-state index contributed by atoms with van der Waals surface area (Å²) >= 11 is 0. The average Bonchev–Trinajstić information content (AvgIpc) is 2.42. The molecule has 0 spiro atoms. The molecule has 0 bridgehead atoms. The lowest BCUT2D eigenvalue weighted by Gasteiger charge is -2.43. The van der Waals surface area contributed by atoms with E-state index in [1.165, 1.54) is 5.57 Å². The topological polar surface area (TPSA) is 9.23 Å². The molecule has 21 heavy (non-hydrogen) atoms. The predicted molar refractivity (Wildman–Crippen MR) is 90.9 cm³/mol. The van der Waals surface area contributed by atoms with Gasteiger partial charge in [-0.2, -0.15) is 0 Å². The second-order valence-electron chi connectivity index (χ2n) is 7.80. The maximum Gasteiger partial charge on any atom is 0.106 e. The van der Waals surface area contributed by atoms with Crippen LogP contribution in [0.4, 0.5) is 0 Å². The molecule has 0 heterocycles. The van der Waals surface area contributed by atoms with E-state index in [9.17, 15) is 0 Å². The minimum Gasteiger partial charge on any atom is -0.494 e. The molecule has 0 radical (unpaired) electrons. The number of ether oxygens (including phenoxy) is 1. The molecule has 5 atom stereocenters. The van der Waals surface area contributed by atoms with Crippen LogP contribution in [0.3, 0.4) is 0 Å². The Labute approximate surface area is 131 Å². The molecule has 0 saturated carbocycles. The van der Waals surface area contributed by atoms with Crippen molar-refractivity contribution in [3.63, 3.8) is 0 Å². The first-order valence-corrected chi connectivity index (χ1v) is 8.52. The average molecular weight is 288 g/mol. The molecule has 0 aromatic heterocycles. The van der Waals surface area contributed by atoms with Crippen molar-refractivity contribution in [1.82, 2.24) is 0 Å². The van der Waals surface area contributed by atoms with Gasteiger partial charge in [0, 0.05) is 11.3 Å². The summed E-state index contributed by atoms with van der Waals surface area (Å²) < 4.78 is 6.44. The Hall–Kier alpha value is -0.980. The van der Waals surface area contributed by atoms with Gasteiger partial charge in [-0.25, -0.2) is 0 Å². The molecule has 0 saturated heterocycles. The molecule has 0 N–H and O–H groups in total. The smallest absolute Gasteiger partial charge is 0.106 e. The maximum atomic E-state index is 6.44. The molecule has 118 valence electrons. The summed E-state index contributed by atoms with van der Waals surface area (Å²) in [5, 5.41) is 0. The van der Waals surface area contributed by atoms with Crippen molar-refractivity contribution in [1.29, 1.82) is 0 Å². The van der Waals surface area contributed by atoms with Gasteiger partial charge in [-0.05, 0) is 36.2 Å². The fraction of sp³-hybridized carbons (Fsp3) is 0.700. The Kier molecular flexibility index (Phi) is 4.70. The third kappa shape index (κ3) is 3.27. The summed E-state index contributed by atoms with van der Waals surface area (Å²) in [6.07, 6.45) is 9.57. The van der Waals surface area contributed by atoms with Gasteiger partial charge in [0.1, 0.15) is 6.10 Å². The van der Waals surface area contributed by atoms with Crippen molar-refractivity contribution in [2.45, 2.75) is 60.5 Å². The van der Waals surface area contributed by atoms with E-state index in [2.05, 4.69) is 66.3 Å². The van der Waals surface area contributed by atoms with Gasteiger partial charge >= 0.3 is 0 Å². The highest BCUT2D eigenvalue weighted by Crippen LogP contribution is 2.44. The number of allylic oxidation sites excluding steroid dienone is 4. The molecular formula is C20H32O. The van der Waals surface area contributed by atoms with Crippen LogP contribution < -0.4 is 0 Å². The SMILES string of the molecule is C=C(O[C@H]1C[C@@H](C)C=C2C=C[C@@H](C)[C@H](C)C21)C(C)(C)CC. The van der Waals surface area contributed by atoms with Crippen molar-refractivity contribution in [2.24, 2.45) is 29.1 Å². The summed E-state index contributed by atoms with van der Waals surface area (Å²) in [5.74, 6) is 3.32. The van der Waals surface area contributed by atoms with E-state index in [1.54, 1.807) is 0 Å². The van der Waals surface area contributed by atoms with Crippen LogP contribution in [0.2, 0.25) is 0 Å². The molecule has 1 nitrogen and oxygen atoms in total. The number of rotatable bonds is 4. The number of hydrogen-bond donors (Lipinski definition) is 0. The van der Waals surface area contributed by atoms with Crippen LogP contribution in [-0.4, -0.2) is 6.10 Å². The molecule has 2 aliphatic carbocycles. The fourth-order valence-corrected chi connectivity index (χ4v) is 3.47. The van der Waals surface area contributed by atoms with E-state index in [-0.39, 0.29) is 11.5 Å². The van der Waals surface area contributed by atoms with Gasteiger partial charge in [0.25, 0.3) is 0 Å². The first-order chi connectivity index (χ1) is 9.76. The van der Waals surface area contributed by atoms with Gasteiger partial charge in [0.2, 0.25) is 0 Å². The Morgan fingerprint density at radius 1 is 1.33 bits per heavy atom. The molecule has 2 aliphatic rings. The zero-order valence-electron chi connectivity index (χ0n) is 14.6. The minimum absolute atomic E-state index is 0.0594. The van der Waals surface area contributed by atoms with E-state index in [0.29, 0.717) is 23.7 Å². The van der Waals surface area contributed by atoms with E-state index in [1.807, 2.05) is 0 Å². The molecule has 0 aromatic rings. The summed E-state index contributed by atoms with van der Waals surface area (Å²) in [4.78, 5) is 0. The highest BCUT2D eigenvalue weighted by Gasteiger charge is 2.39. The second kappa shape index (κ2) is 6.02. The summed E-state index contributed by atoms with van der Waals surface area (Å²) in [5.41, 5.74) is 1.54. The molecule has 1 heteroatoms. The van der Waals surface area contributed by atoms with Gasteiger partial charge in [-0.15, -0.1) is 0 Å². The van der Waals surface area contributed by atoms with Gasteiger partial charge in [-0.3, -0.25) is 0 Å². The van der Waals surface area contributed by atoms with Crippen LogP contribution in [0, 0.1) is 29.1 Å². The van der Waals surface area contributed by atoms with Crippen molar-refractivity contribution < 1.29 is 4.74 Å². The molecule has 0 aliphatic heterocycles. The lowest BCUT2D eigenvalue weighted by molar-refractivity contribution is 0.00356. The molecular weight excluding hydrogens is 256 g/mol.